The number of aliphatic hydroxyl groups is 1. The van der Waals surface area contributed by atoms with Crippen LogP contribution in [-0.4, -0.2) is 15.9 Å². The number of hydrogen-bond acceptors (Lipinski definition) is 2. The van der Waals surface area contributed by atoms with Crippen LogP contribution in [0.4, 0.5) is 0 Å². The molecule has 1 atom stereocenters. The monoisotopic (exact) mass is 369 g/mol. The SMILES string of the molecule is Cc1ccc(C2=C(O)C(=O)N(Cc3ccccc3)[C@H]2c2ccc(C)cc2)cc1. The molecule has 1 heterocycles. The maximum Gasteiger partial charge on any atom is 0.290 e. The summed E-state index contributed by atoms with van der Waals surface area (Å²) in [5.74, 6) is -0.490. The maximum atomic E-state index is 13.0. The standard InChI is InChI=1S/C25H23NO2/c1-17-8-12-20(13-9-17)22-23(21-14-10-18(2)11-15-21)26(25(28)24(22)27)16-19-6-4-3-5-7-19/h3-15,23,27H,16H2,1-2H3/t23-/m0/s1. The van der Waals surface area contributed by atoms with Crippen LogP contribution in [0.15, 0.2) is 84.6 Å². The lowest BCUT2D eigenvalue weighted by molar-refractivity contribution is -0.130. The number of amides is 1. The van der Waals surface area contributed by atoms with Gasteiger partial charge in [-0.25, -0.2) is 0 Å². The fourth-order valence-electron chi connectivity index (χ4n) is 3.72. The second-order valence-corrected chi connectivity index (χ2v) is 7.36. The molecule has 0 saturated heterocycles. The van der Waals surface area contributed by atoms with Crippen molar-refractivity contribution < 1.29 is 9.90 Å². The Morgan fingerprint density at radius 1 is 0.821 bits per heavy atom. The molecule has 0 aromatic heterocycles. The molecule has 1 N–H and O–H groups in total. The smallest absolute Gasteiger partial charge is 0.290 e. The van der Waals surface area contributed by atoms with Gasteiger partial charge >= 0.3 is 0 Å². The highest BCUT2D eigenvalue weighted by Gasteiger charge is 2.40. The van der Waals surface area contributed by atoms with Gasteiger partial charge in [-0.1, -0.05) is 90.0 Å². The summed E-state index contributed by atoms with van der Waals surface area (Å²) in [6.07, 6.45) is 0. The summed E-state index contributed by atoms with van der Waals surface area (Å²) in [6.45, 7) is 4.51. The Hall–Kier alpha value is -3.33. The molecule has 3 nitrogen and oxygen atoms in total. The minimum Gasteiger partial charge on any atom is -0.503 e. The molecule has 0 radical (unpaired) electrons. The lowest BCUT2D eigenvalue weighted by Gasteiger charge is -2.27. The molecule has 0 unspecified atom stereocenters. The van der Waals surface area contributed by atoms with Crippen LogP contribution in [0.3, 0.4) is 0 Å². The van der Waals surface area contributed by atoms with Crippen LogP contribution < -0.4 is 0 Å². The molecule has 3 aromatic rings. The summed E-state index contributed by atoms with van der Waals surface area (Å²) in [7, 11) is 0. The second-order valence-electron chi connectivity index (χ2n) is 7.36. The van der Waals surface area contributed by atoms with Crippen molar-refractivity contribution in [3.63, 3.8) is 0 Å². The van der Waals surface area contributed by atoms with Gasteiger partial charge in [-0.05, 0) is 30.5 Å². The Morgan fingerprint density at radius 3 is 2.00 bits per heavy atom. The van der Waals surface area contributed by atoms with E-state index in [4.69, 9.17) is 0 Å². The number of hydrogen-bond donors (Lipinski definition) is 1. The van der Waals surface area contributed by atoms with Crippen LogP contribution in [0, 0.1) is 13.8 Å². The van der Waals surface area contributed by atoms with Crippen LogP contribution in [0.25, 0.3) is 5.57 Å². The number of carbonyl (C=O) groups is 1. The van der Waals surface area contributed by atoms with Crippen molar-refractivity contribution in [2.24, 2.45) is 0 Å². The summed E-state index contributed by atoms with van der Waals surface area (Å²) >= 11 is 0. The molecule has 1 amide bonds. The van der Waals surface area contributed by atoms with E-state index in [0.717, 1.165) is 27.8 Å². The molecular formula is C25H23NO2. The fourth-order valence-corrected chi connectivity index (χ4v) is 3.72. The van der Waals surface area contributed by atoms with Gasteiger partial charge < -0.3 is 10.0 Å². The van der Waals surface area contributed by atoms with Crippen LogP contribution in [0.5, 0.6) is 0 Å². The Balaban J connectivity index is 1.81. The topological polar surface area (TPSA) is 40.5 Å². The van der Waals surface area contributed by atoms with Gasteiger partial charge in [0.15, 0.2) is 5.76 Å². The minimum atomic E-state index is -0.329. The van der Waals surface area contributed by atoms with Gasteiger partial charge in [0.25, 0.3) is 5.91 Å². The fraction of sp³-hybridized carbons (Fsp3) is 0.160. The van der Waals surface area contributed by atoms with Gasteiger partial charge in [-0.15, -0.1) is 0 Å². The molecule has 140 valence electrons. The quantitative estimate of drug-likeness (QED) is 0.673. The zero-order valence-electron chi connectivity index (χ0n) is 16.1. The van der Waals surface area contributed by atoms with Gasteiger partial charge in [-0.2, -0.15) is 0 Å². The first-order valence-corrected chi connectivity index (χ1v) is 9.46. The lowest BCUT2D eigenvalue weighted by Crippen LogP contribution is -2.29. The van der Waals surface area contributed by atoms with Gasteiger partial charge in [0, 0.05) is 12.1 Å². The number of carbonyl (C=O) groups excluding carboxylic acids is 1. The van der Waals surface area contributed by atoms with Crippen molar-refractivity contribution in [2.45, 2.75) is 26.4 Å². The zero-order chi connectivity index (χ0) is 19.7. The molecule has 1 aliphatic heterocycles. The van der Waals surface area contributed by atoms with Crippen LogP contribution in [-0.2, 0) is 11.3 Å². The number of benzene rings is 3. The Kier molecular flexibility index (Phi) is 4.74. The Bertz CT molecular complexity index is 1020. The van der Waals surface area contributed by atoms with Crippen LogP contribution >= 0.6 is 0 Å². The molecule has 4 rings (SSSR count). The van der Waals surface area contributed by atoms with Gasteiger partial charge in [-0.3, -0.25) is 4.79 Å². The van der Waals surface area contributed by atoms with Crippen LogP contribution in [0.2, 0.25) is 0 Å². The summed E-state index contributed by atoms with van der Waals surface area (Å²) in [4.78, 5) is 14.8. The average Bonchev–Trinajstić information content (AvgIpc) is 2.95. The van der Waals surface area contributed by atoms with E-state index >= 15 is 0 Å². The minimum absolute atomic E-state index is 0.162. The molecule has 3 heteroatoms. The highest BCUT2D eigenvalue weighted by molar-refractivity contribution is 6.05. The molecular weight excluding hydrogens is 346 g/mol. The van der Waals surface area contributed by atoms with E-state index < -0.39 is 0 Å². The molecule has 0 saturated carbocycles. The van der Waals surface area contributed by atoms with E-state index in [2.05, 4.69) is 0 Å². The lowest BCUT2D eigenvalue weighted by atomic mass is 9.92. The first-order valence-electron chi connectivity index (χ1n) is 9.46. The van der Waals surface area contributed by atoms with Crippen LogP contribution in [0.1, 0.15) is 33.9 Å². The number of rotatable bonds is 4. The van der Waals surface area contributed by atoms with Gasteiger partial charge in [0.2, 0.25) is 0 Å². The predicted molar refractivity (Wildman–Crippen MR) is 112 cm³/mol. The first kappa shape index (κ1) is 18.1. The molecule has 3 aromatic carbocycles. The van der Waals surface area contributed by atoms with E-state index in [0.29, 0.717) is 12.1 Å². The van der Waals surface area contributed by atoms with Crippen molar-refractivity contribution in [2.75, 3.05) is 0 Å². The third-order valence-corrected chi connectivity index (χ3v) is 5.26. The number of aliphatic hydroxyl groups excluding tert-OH is 1. The summed E-state index contributed by atoms with van der Waals surface area (Å²) in [5.41, 5.74) is 5.87. The third kappa shape index (κ3) is 3.31. The summed E-state index contributed by atoms with van der Waals surface area (Å²) in [5, 5.41) is 10.8. The first-order chi connectivity index (χ1) is 13.5. The zero-order valence-corrected chi connectivity index (χ0v) is 16.1. The van der Waals surface area contributed by atoms with Crippen molar-refractivity contribution in [3.05, 3.63) is 112 Å². The van der Waals surface area contributed by atoms with Gasteiger partial charge in [0.1, 0.15) is 0 Å². The van der Waals surface area contributed by atoms with Gasteiger partial charge in [0.05, 0.1) is 6.04 Å². The van der Waals surface area contributed by atoms with E-state index in [1.165, 1.54) is 0 Å². The van der Waals surface area contributed by atoms with E-state index in [9.17, 15) is 9.90 Å². The van der Waals surface area contributed by atoms with Crippen molar-refractivity contribution >= 4 is 11.5 Å². The Morgan fingerprint density at radius 2 is 1.39 bits per heavy atom. The summed E-state index contributed by atoms with van der Waals surface area (Å²) < 4.78 is 0. The average molecular weight is 369 g/mol. The molecule has 28 heavy (non-hydrogen) atoms. The number of nitrogens with zero attached hydrogens (tertiary/aromatic N) is 1. The third-order valence-electron chi connectivity index (χ3n) is 5.26. The predicted octanol–water partition coefficient (Wildman–Crippen LogP) is 5.36. The molecule has 0 aliphatic carbocycles. The molecule has 0 fully saturated rings. The van der Waals surface area contributed by atoms with E-state index in [1.807, 2.05) is 92.7 Å². The normalized spacial score (nSPS) is 16.7. The largest absolute Gasteiger partial charge is 0.503 e. The highest BCUT2D eigenvalue weighted by Crippen LogP contribution is 2.43. The van der Waals surface area contributed by atoms with E-state index in [1.54, 1.807) is 4.90 Å². The van der Waals surface area contributed by atoms with Crippen molar-refractivity contribution in [1.29, 1.82) is 0 Å². The maximum absolute atomic E-state index is 13.0. The number of aryl methyl sites for hydroxylation is 2. The molecule has 0 bridgehead atoms. The molecule has 0 spiro atoms. The Labute approximate surface area is 165 Å². The van der Waals surface area contributed by atoms with E-state index in [-0.39, 0.29) is 17.7 Å². The summed E-state index contributed by atoms with van der Waals surface area (Å²) in [6, 6.07) is 25.7. The highest BCUT2D eigenvalue weighted by atomic mass is 16.3. The second kappa shape index (κ2) is 7.35. The van der Waals surface area contributed by atoms with Crippen molar-refractivity contribution in [1.82, 2.24) is 4.90 Å². The molecule has 1 aliphatic rings. The van der Waals surface area contributed by atoms with Crippen molar-refractivity contribution in [3.8, 4) is 0 Å².